The van der Waals surface area contributed by atoms with Crippen molar-refractivity contribution >= 4 is 14.7 Å². The summed E-state index contributed by atoms with van der Waals surface area (Å²) in [5, 5.41) is 3.52. The molecule has 0 heterocycles. The van der Waals surface area contributed by atoms with E-state index in [2.05, 4.69) is 46.9 Å². The summed E-state index contributed by atoms with van der Waals surface area (Å²) < 4.78 is 0. The Morgan fingerprint density at radius 2 is 1.50 bits per heavy atom. The predicted octanol–water partition coefficient (Wildman–Crippen LogP) is 4.40. The van der Waals surface area contributed by atoms with Gasteiger partial charge in [-0.05, 0) is 15.6 Å². The summed E-state index contributed by atoms with van der Waals surface area (Å²) in [7, 11) is -0.790. The van der Waals surface area contributed by atoms with Gasteiger partial charge in [-0.2, -0.15) is 0 Å². The van der Waals surface area contributed by atoms with E-state index in [9.17, 15) is 4.79 Å². The van der Waals surface area contributed by atoms with Crippen molar-refractivity contribution in [2.45, 2.75) is 64.2 Å². The molecule has 1 amide bonds. The molecule has 0 fully saturated rings. The van der Waals surface area contributed by atoms with Gasteiger partial charge < -0.3 is 5.32 Å². The second-order valence-corrected chi connectivity index (χ2v) is 11.7. The van der Waals surface area contributed by atoms with Crippen molar-refractivity contribution in [3.05, 3.63) is 35.9 Å². The first-order valence-corrected chi connectivity index (χ1v) is 8.99. The van der Waals surface area contributed by atoms with Crippen LogP contribution in [-0.4, -0.2) is 14.7 Å². The molecule has 0 bridgehead atoms. The van der Waals surface area contributed by atoms with Crippen LogP contribution in [0.1, 0.15) is 47.1 Å². The lowest BCUT2D eigenvalue weighted by Crippen LogP contribution is -2.39. The number of hydrogen-bond donors (Lipinski definition) is 1. The normalized spacial score (nSPS) is 12.6. The van der Waals surface area contributed by atoms with E-state index in [0.717, 1.165) is 5.56 Å². The highest BCUT2D eigenvalue weighted by Gasteiger charge is 2.37. The highest BCUT2D eigenvalue weighted by atomic mass is 28.3. The van der Waals surface area contributed by atoms with Crippen LogP contribution in [0.25, 0.3) is 0 Å². The van der Waals surface area contributed by atoms with Gasteiger partial charge in [-0.15, -0.1) is 0 Å². The van der Waals surface area contributed by atoms with Gasteiger partial charge in [0.15, 0.2) is 0 Å². The number of nitrogens with one attached hydrogen (secondary N) is 1. The number of amides is 1. The number of carbonyl (C=O) groups is 1. The predicted molar refractivity (Wildman–Crippen MR) is 88.3 cm³/mol. The molecule has 0 saturated heterocycles. The summed E-state index contributed by atoms with van der Waals surface area (Å²) in [4.78, 5) is 12.2. The van der Waals surface area contributed by atoms with Crippen molar-refractivity contribution in [2.24, 2.45) is 0 Å². The van der Waals surface area contributed by atoms with Crippen LogP contribution in [0.15, 0.2) is 30.3 Å². The lowest BCUT2D eigenvalue weighted by atomic mass is 10.2. The minimum absolute atomic E-state index is 0.188. The van der Waals surface area contributed by atoms with Crippen molar-refractivity contribution in [1.29, 1.82) is 0 Å². The highest BCUT2D eigenvalue weighted by Crippen LogP contribution is 2.43. The van der Waals surface area contributed by atoms with Crippen LogP contribution < -0.4 is 5.32 Å². The first-order valence-electron chi connectivity index (χ1n) is 7.28. The zero-order valence-corrected chi connectivity index (χ0v) is 14.7. The van der Waals surface area contributed by atoms with Crippen molar-refractivity contribution in [1.82, 2.24) is 5.32 Å². The Morgan fingerprint density at radius 3 is 1.95 bits per heavy atom. The number of carbonyl (C=O) groups excluding carboxylic acids is 1. The lowest BCUT2D eigenvalue weighted by molar-refractivity contribution is -0.119. The van der Waals surface area contributed by atoms with Gasteiger partial charge in [-0.1, -0.05) is 71.9 Å². The standard InChI is InChI=1S/C17H28NOSi/c1-16(2,3)20(17(4,5)6)13-15(19)18-12-14-10-8-7-9-11-14/h7-11H,12-13H2,1-6H3,(H,18,19). The van der Waals surface area contributed by atoms with E-state index in [0.29, 0.717) is 12.6 Å². The minimum Gasteiger partial charge on any atom is -0.352 e. The Morgan fingerprint density at radius 1 is 1.00 bits per heavy atom. The zero-order valence-electron chi connectivity index (χ0n) is 13.7. The zero-order chi connectivity index (χ0) is 15.4. The molecule has 0 aliphatic rings. The quantitative estimate of drug-likeness (QED) is 0.818. The topological polar surface area (TPSA) is 29.1 Å². The van der Waals surface area contributed by atoms with Gasteiger partial charge in [0.2, 0.25) is 5.91 Å². The average molecular weight is 291 g/mol. The summed E-state index contributed by atoms with van der Waals surface area (Å²) in [6.07, 6.45) is 0. The smallest absolute Gasteiger partial charge is 0.217 e. The molecule has 1 radical (unpaired) electrons. The van der Waals surface area contributed by atoms with E-state index in [-0.39, 0.29) is 16.0 Å². The maximum atomic E-state index is 12.2. The molecule has 0 aromatic heterocycles. The van der Waals surface area contributed by atoms with Gasteiger partial charge in [-0.25, -0.2) is 0 Å². The van der Waals surface area contributed by atoms with E-state index in [4.69, 9.17) is 0 Å². The second kappa shape index (κ2) is 6.57. The molecule has 1 N–H and O–H groups in total. The van der Waals surface area contributed by atoms with E-state index in [1.54, 1.807) is 0 Å². The molecule has 3 heteroatoms. The summed E-state index contributed by atoms with van der Waals surface area (Å²) >= 11 is 0. The van der Waals surface area contributed by atoms with Crippen molar-refractivity contribution in [3.8, 4) is 0 Å². The first kappa shape index (κ1) is 17.0. The van der Waals surface area contributed by atoms with E-state index >= 15 is 0 Å². The van der Waals surface area contributed by atoms with Crippen molar-refractivity contribution < 1.29 is 4.79 Å². The fourth-order valence-corrected chi connectivity index (χ4v) is 6.43. The van der Waals surface area contributed by atoms with Gasteiger partial charge in [0, 0.05) is 12.6 Å². The summed E-state index contributed by atoms with van der Waals surface area (Å²) in [5.41, 5.74) is 1.15. The van der Waals surface area contributed by atoms with Crippen LogP contribution in [0, 0.1) is 0 Å². The molecule has 111 valence electrons. The number of benzene rings is 1. The van der Waals surface area contributed by atoms with Crippen LogP contribution in [0.2, 0.25) is 16.1 Å². The number of hydrogen-bond acceptors (Lipinski definition) is 1. The molecule has 2 nitrogen and oxygen atoms in total. The van der Waals surface area contributed by atoms with E-state index in [1.165, 1.54) is 0 Å². The van der Waals surface area contributed by atoms with Crippen LogP contribution in [0.3, 0.4) is 0 Å². The third-order valence-electron chi connectivity index (χ3n) is 3.48. The van der Waals surface area contributed by atoms with E-state index in [1.807, 2.05) is 30.3 Å². The average Bonchev–Trinajstić information content (AvgIpc) is 2.32. The molecule has 0 atom stereocenters. The summed E-state index contributed by atoms with van der Waals surface area (Å²) in [5.74, 6) is 0.188. The Kier molecular flexibility index (Phi) is 5.57. The third kappa shape index (κ3) is 5.49. The Bertz CT molecular complexity index is 415. The van der Waals surface area contributed by atoms with Crippen molar-refractivity contribution in [2.75, 3.05) is 0 Å². The molecular formula is C17H28NOSi. The fourth-order valence-electron chi connectivity index (χ4n) is 2.67. The maximum absolute atomic E-state index is 12.2. The largest absolute Gasteiger partial charge is 0.352 e. The third-order valence-corrected chi connectivity index (χ3v) is 7.78. The molecule has 1 aromatic carbocycles. The van der Waals surface area contributed by atoms with Crippen LogP contribution in [0.4, 0.5) is 0 Å². The maximum Gasteiger partial charge on any atom is 0.217 e. The Hall–Kier alpha value is -1.09. The number of rotatable bonds is 4. The van der Waals surface area contributed by atoms with Gasteiger partial charge in [-0.3, -0.25) is 4.79 Å². The molecule has 1 rings (SSSR count). The molecule has 0 saturated carbocycles. The summed E-state index contributed by atoms with van der Waals surface area (Å²) in [6, 6.07) is 10.8. The molecule has 20 heavy (non-hydrogen) atoms. The fraction of sp³-hybridized carbons (Fsp3) is 0.588. The second-order valence-electron chi connectivity index (χ2n) is 7.42. The van der Waals surface area contributed by atoms with Gasteiger partial charge in [0.25, 0.3) is 0 Å². The Labute approximate surface area is 125 Å². The summed E-state index contributed by atoms with van der Waals surface area (Å²) in [6.45, 7) is 14.2. The molecule has 0 aliphatic heterocycles. The van der Waals surface area contributed by atoms with Gasteiger partial charge in [0.05, 0.1) is 8.80 Å². The van der Waals surface area contributed by atoms with Gasteiger partial charge >= 0.3 is 0 Å². The SMILES string of the molecule is CC(C)(C)[Si](CC(=O)NCc1ccccc1)C(C)(C)C. The van der Waals surface area contributed by atoms with Crippen LogP contribution >= 0.6 is 0 Å². The van der Waals surface area contributed by atoms with Crippen LogP contribution in [0.5, 0.6) is 0 Å². The van der Waals surface area contributed by atoms with E-state index < -0.39 is 8.80 Å². The monoisotopic (exact) mass is 290 g/mol. The molecule has 0 aliphatic carbocycles. The van der Waals surface area contributed by atoms with Crippen molar-refractivity contribution in [3.63, 3.8) is 0 Å². The first-order chi connectivity index (χ1) is 9.10. The Balaban J connectivity index is 2.59. The molecular weight excluding hydrogens is 262 g/mol. The van der Waals surface area contributed by atoms with Gasteiger partial charge in [0.1, 0.15) is 0 Å². The van der Waals surface area contributed by atoms with Crippen LogP contribution in [-0.2, 0) is 11.3 Å². The molecule has 0 spiro atoms. The molecule has 0 unspecified atom stereocenters. The highest BCUT2D eigenvalue weighted by molar-refractivity contribution is 6.68. The lowest BCUT2D eigenvalue weighted by Gasteiger charge is -2.38. The minimum atomic E-state index is -0.790. The molecule has 1 aromatic rings.